The van der Waals surface area contributed by atoms with Gasteiger partial charge in [-0.05, 0) is 5.56 Å². The van der Waals surface area contributed by atoms with Gasteiger partial charge in [-0.3, -0.25) is 0 Å². The van der Waals surface area contributed by atoms with Crippen LogP contribution >= 0.6 is 0 Å². The molecule has 2 heteroatoms. The van der Waals surface area contributed by atoms with Crippen molar-refractivity contribution in [1.82, 2.24) is 0 Å². The topological polar surface area (TPSA) is 44.0 Å². The molecule has 0 saturated heterocycles. The highest BCUT2D eigenvalue weighted by atomic mass is 16.3. The van der Waals surface area contributed by atoms with E-state index in [9.17, 15) is 5.11 Å². The normalized spacial score (nSPS) is 14.8. The Balaban J connectivity index is 2.80. The molecule has 1 aromatic carbocycles. The predicted octanol–water partition coefficient (Wildman–Crippen LogP) is 1.67. The lowest BCUT2D eigenvalue weighted by molar-refractivity contribution is 0.204. The number of nitriles is 1. The van der Waals surface area contributed by atoms with Crippen LogP contribution in [0.3, 0.4) is 0 Å². The zero-order valence-corrected chi connectivity index (χ0v) is 6.94. The molecule has 0 aliphatic carbocycles. The molecule has 0 spiro atoms. The van der Waals surface area contributed by atoms with Gasteiger partial charge in [0.2, 0.25) is 0 Å². The summed E-state index contributed by atoms with van der Waals surface area (Å²) in [4.78, 5) is 0. The van der Waals surface area contributed by atoms with Crippen molar-refractivity contribution in [2.24, 2.45) is 0 Å². The van der Waals surface area contributed by atoms with Crippen molar-refractivity contribution in [1.29, 1.82) is 5.26 Å². The SMILES string of the molecule is CC(c1ccccc1)C(O)C#N. The lowest BCUT2D eigenvalue weighted by Gasteiger charge is -2.11. The second-order valence-corrected chi connectivity index (χ2v) is 2.77. The minimum absolute atomic E-state index is 0.115. The summed E-state index contributed by atoms with van der Waals surface area (Å²) in [6, 6.07) is 11.3. The number of aliphatic hydroxyl groups is 1. The molecule has 0 amide bonds. The van der Waals surface area contributed by atoms with Crippen LogP contribution in [0.1, 0.15) is 18.4 Å². The smallest absolute Gasteiger partial charge is 0.147 e. The molecule has 0 aromatic heterocycles. The third kappa shape index (κ3) is 1.84. The molecule has 2 unspecified atom stereocenters. The van der Waals surface area contributed by atoms with Crippen LogP contribution in [-0.2, 0) is 0 Å². The van der Waals surface area contributed by atoms with Crippen LogP contribution in [0.5, 0.6) is 0 Å². The summed E-state index contributed by atoms with van der Waals surface area (Å²) < 4.78 is 0. The minimum Gasteiger partial charge on any atom is -0.378 e. The number of benzene rings is 1. The number of aliphatic hydroxyl groups excluding tert-OH is 1. The first-order chi connectivity index (χ1) is 5.75. The van der Waals surface area contributed by atoms with Gasteiger partial charge < -0.3 is 5.11 Å². The quantitative estimate of drug-likeness (QED) is 0.670. The van der Waals surface area contributed by atoms with Crippen molar-refractivity contribution in [2.75, 3.05) is 0 Å². The van der Waals surface area contributed by atoms with E-state index in [1.165, 1.54) is 0 Å². The van der Waals surface area contributed by atoms with E-state index in [-0.39, 0.29) is 5.92 Å². The highest BCUT2D eigenvalue weighted by Gasteiger charge is 2.14. The maximum absolute atomic E-state index is 9.22. The van der Waals surface area contributed by atoms with Gasteiger partial charge in [0.1, 0.15) is 6.10 Å². The van der Waals surface area contributed by atoms with Crippen molar-refractivity contribution < 1.29 is 5.11 Å². The van der Waals surface area contributed by atoms with Crippen molar-refractivity contribution >= 4 is 0 Å². The fraction of sp³-hybridized carbons (Fsp3) is 0.300. The number of nitrogens with zero attached hydrogens (tertiary/aromatic N) is 1. The van der Waals surface area contributed by atoms with Crippen molar-refractivity contribution in [3.05, 3.63) is 35.9 Å². The molecule has 0 aliphatic heterocycles. The second kappa shape index (κ2) is 3.89. The summed E-state index contributed by atoms with van der Waals surface area (Å²) in [7, 11) is 0. The van der Waals surface area contributed by atoms with E-state index in [0.29, 0.717) is 0 Å². The average molecular weight is 161 g/mol. The van der Waals surface area contributed by atoms with E-state index in [1.54, 1.807) is 0 Å². The Kier molecular flexibility index (Phi) is 2.84. The van der Waals surface area contributed by atoms with Gasteiger partial charge in [-0.1, -0.05) is 37.3 Å². The van der Waals surface area contributed by atoms with Gasteiger partial charge in [0.05, 0.1) is 6.07 Å². The van der Waals surface area contributed by atoms with Crippen LogP contribution < -0.4 is 0 Å². The van der Waals surface area contributed by atoms with Crippen LogP contribution in [0, 0.1) is 11.3 Å². The lowest BCUT2D eigenvalue weighted by atomic mass is 9.96. The summed E-state index contributed by atoms with van der Waals surface area (Å²) in [6.07, 6.45) is -0.910. The Morgan fingerprint density at radius 3 is 2.42 bits per heavy atom. The summed E-state index contributed by atoms with van der Waals surface area (Å²) >= 11 is 0. The predicted molar refractivity (Wildman–Crippen MR) is 46.5 cm³/mol. The zero-order valence-electron chi connectivity index (χ0n) is 6.94. The number of rotatable bonds is 2. The Morgan fingerprint density at radius 1 is 1.33 bits per heavy atom. The first-order valence-corrected chi connectivity index (χ1v) is 3.88. The van der Waals surface area contributed by atoms with Gasteiger partial charge in [0, 0.05) is 5.92 Å². The van der Waals surface area contributed by atoms with E-state index in [0.717, 1.165) is 5.56 Å². The monoisotopic (exact) mass is 161 g/mol. The van der Waals surface area contributed by atoms with Crippen LogP contribution in [-0.4, -0.2) is 11.2 Å². The first kappa shape index (κ1) is 8.76. The second-order valence-electron chi connectivity index (χ2n) is 2.77. The van der Waals surface area contributed by atoms with Gasteiger partial charge in [-0.15, -0.1) is 0 Å². The summed E-state index contributed by atoms with van der Waals surface area (Å²) in [5, 5.41) is 17.7. The minimum atomic E-state index is -0.910. The molecule has 0 aliphatic rings. The van der Waals surface area contributed by atoms with Crippen LogP contribution in [0.15, 0.2) is 30.3 Å². The molecule has 2 nitrogen and oxygen atoms in total. The lowest BCUT2D eigenvalue weighted by Crippen LogP contribution is -2.12. The third-order valence-electron chi connectivity index (χ3n) is 1.93. The first-order valence-electron chi connectivity index (χ1n) is 3.88. The van der Waals surface area contributed by atoms with E-state index in [2.05, 4.69) is 0 Å². The summed E-state index contributed by atoms with van der Waals surface area (Å²) in [6.45, 7) is 1.84. The molecule has 0 bridgehead atoms. The Labute approximate surface area is 72.1 Å². The summed E-state index contributed by atoms with van der Waals surface area (Å²) in [5.41, 5.74) is 0.992. The molecule has 12 heavy (non-hydrogen) atoms. The molecule has 62 valence electrons. The van der Waals surface area contributed by atoms with Crippen LogP contribution in [0.25, 0.3) is 0 Å². The van der Waals surface area contributed by atoms with E-state index < -0.39 is 6.10 Å². The van der Waals surface area contributed by atoms with E-state index >= 15 is 0 Å². The highest BCUT2D eigenvalue weighted by molar-refractivity contribution is 5.21. The van der Waals surface area contributed by atoms with Gasteiger partial charge in [-0.2, -0.15) is 5.26 Å². The Hall–Kier alpha value is -1.33. The zero-order chi connectivity index (χ0) is 8.97. The largest absolute Gasteiger partial charge is 0.378 e. The molecule has 1 rings (SSSR count). The number of hydrogen-bond donors (Lipinski definition) is 1. The number of hydrogen-bond acceptors (Lipinski definition) is 2. The third-order valence-corrected chi connectivity index (χ3v) is 1.93. The van der Waals surface area contributed by atoms with E-state index in [4.69, 9.17) is 5.26 Å². The van der Waals surface area contributed by atoms with Gasteiger partial charge >= 0.3 is 0 Å². The molecule has 1 aromatic rings. The van der Waals surface area contributed by atoms with Gasteiger partial charge in [0.25, 0.3) is 0 Å². The van der Waals surface area contributed by atoms with Gasteiger partial charge in [0.15, 0.2) is 0 Å². The van der Waals surface area contributed by atoms with E-state index in [1.807, 2.05) is 43.3 Å². The molecule has 0 radical (unpaired) electrons. The standard InChI is InChI=1S/C10H11NO/c1-8(10(12)7-11)9-5-3-2-4-6-9/h2-6,8,10,12H,1H3. The van der Waals surface area contributed by atoms with Gasteiger partial charge in [-0.25, -0.2) is 0 Å². The molecular weight excluding hydrogens is 150 g/mol. The fourth-order valence-corrected chi connectivity index (χ4v) is 1.05. The molecule has 2 atom stereocenters. The van der Waals surface area contributed by atoms with Crippen molar-refractivity contribution in [2.45, 2.75) is 18.9 Å². The molecule has 1 N–H and O–H groups in total. The molecule has 0 saturated carbocycles. The van der Waals surface area contributed by atoms with Crippen molar-refractivity contribution in [3.63, 3.8) is 0 Å². The molecule has 0 heterocycles. The maximum Gasteiger partial charge on any atom is 0.147 e. The maximum atomic E-state index is 9.22. The fourth-order valence-electron chi connectivity index (χ4n) is 1.05. The average Bonchev–Trinajstić information content (AvgIpc) is 2.17. The van der Waals surface area contributed by atoms with Crippen LogP contribution in [0.4, 0.5) is 0 Å². The van der Waals surface area contributed by atoms with Crippen molar-refractivity contribution in [3.8, 4) is 6.07 Å². The van der Waals surface area contributed by atoms with Crippen LogP contribution in [0.2, 0.25) is 0 Å². The summed E-state index contributed by atoms with van der Waals surface area (Å²) in [5.74, 6) is -0.115. The molecular formula is C10H11NO. The highest BCUT2D eigenvalue weighted by Crippen LogP contribution is 2.17. The molecule has 0 fully saturated rings. The Morgan fingerprint density at radius 2 is 1.92 bits per heavy atom. The Bertz CT molecular complexity index is 276.